The second-order valence-electron chi connectivity index (χ2n) is 2.67. The van der Waals surface area contributed by atoms with Crippen molar-refractivity contribution in [3.05, 3.63) is 27.2 Å². The van der Waals surface area contributed by atoms with E-state index in [9.17, 15) is 5.11 Å². The van der Waals surface area contributed by atoms with Crippen LogP contribution < -0.4 is 11.5 Å². The summed E-state index contributed by atoms with van der Waals surface area (Å²) < 4.78 is 0.527. The molecule has 5 heteroatoms. The Morgan fingerprint density at radius 1 is 1.54 bits per heavy atom. The summed E-state index contributed by atoms with van der Waals surface area (Å²) in [6.07, 6.45) is 0. The van der Waals surface area contributed by atoms with Crippen molar-refractivity contribution in [2.75, 3.05) is 6.54 Å². The lowest BCUT2D eigenvalue weighted by Crippen LogP contribution is -2.20. The molecule has 0 radical (unpaired) electrons. The molecule has 0 unspecified atom stereocenters. The number of aromatic hydroxyl groups is 1. The van der Waals surface area contributed by atoms with Gasteiger partial charge in [-0.25, -0.2) is 0 Å². The molecule has 0 aliphatic heterocycles. The molecule has 0 saturated heterocycles. The van der Waals surface area contributed by atoms with E-state index in [2.05, 4.69) is 15.9 Å². The maximum atomic E-state index is 9.58. The molecule has 13 heavy (non-hydrogen) atoms. The molecule has 0 aliphatic carbocycles. The first kappa shape index (κ1) is 10.8. The molecule has 72 valence electrons. The van der Waals surface area contributed by atoms with Gasteiger partial charge in [0.25, 0.3) is 0 Å². The van der Waals surface area contributed by atoms with Gasteiger partial charge in [-0.2, -0.15) is 0 Å². The Bertz CT molecular complexity index is 319. The maximum Gasteiger partial charge on any atom is 0.134 e. The zero-order chi connectivity index (χ0) is 10.0. The van der Waals surface area contributed by atoms with Crippen molar-refractivity contribution >= 4 is 27.5 Å². The fourth-order valence-electron chi connectivity index (χ4n) is 0.996. The van der Waals surface area contributed by atoms with Crippen LogP contribution in [0.3, 0.4) is 0 Å². The average molecular weight is 266 g/mol. The first-order chi connectivity index (χ1) is 6.06. The molecule has 3 nitrogen and oxygen atoms in total. The Morgan fingerprint density at radius 3 is 2.69 bits per heavy atom. The van der Waals surface area contributed by atoms with Crippen molar-refractivity contribution < 1.29 is 5.11 Å². The van der Waals surface area contributed by atoms with Crippen molar-refractivity contribution in [3.8, 4) is 5.75 Å². The number of nitrogens with two attached hydrogens (primary N) is 2. The summed E-state index contributed by atoms with van der Waals surface area (Å²) in [5, 5.41) is 10.1. The van der Waals surface area contributed by atoms with Gasteiger partial charge in [-0.05, 0) is 28.1 Å². The zero-order valence-electron chi connectivity index (χ0n) is 6.80. The highest BCUT2D eigenvalue weighted by molar-refractivity contribution is 9.10. The number of hydrogen-bond acceptors (Lipinski definition) is 3. The number of hydrogen-bond donors (Lipinski definition) is 3. The lowest BCUT2D eigenvalue weighted by Gasteiger charge is -2.12. The minimum atomic E-state index is -0.394. The Balaban J connectivity index is 3.20. The van der Waals surface area contributed by atoms with Crippen molar-refractivity contribution in [2.45, 2.75) is 6.04 Å². The summed E-state index contributed by atoms with van der Waals surface area (Å²) in [6, 6.07) is 2.82. The average Bonchev–Trinajstić information content (AvgIpc) is 2.10. The van der Waals surface area contributed by atoms with Crippen LogP contribution >= 0.6 is 27.5 Å². The number of rotatable bonds is 2. The van der Waals surface area contributed by atoms with Gasteiger partial charge in [0.15, 0.2) is 0 Å². The second-order valence-corrected chi connectivity index (χ2v) is 3.96. The molecule has 0 bridgehead atoms. The maximum absolute atomic E-state index is 9.58. The molecule has 0 aliphatic rings. The van der Waals surface area contributed by atoms with Gasteiger partial charge in [0, 0.05) is 23.2 Å². The molecular weight excluding hydrogens is 255 g/mol. The summed E-state index contributed by atoms with van der Waals surface area (Å²) in [5.74, 6) is 0.0994. The zero-order valence-corrected chi connectivity index (χ0v) is 9.14. The van der Waals surface area contributed by atoms with E-state index in [4.69, 9.17) is 23.1 Å². The van der Waals surface area contributed by atoms with Gasteiger partial charge >= 0.3 is 0 Å². The van der Waals surface area contributed by atoms with Crippen LogP contribution in [0.4, 0.5) is 0 Å². The van der Waals surface area contributed by atoms with Crippen LogP contribution in [-0.4, -0.2) is 11.7 Å². The van der Waals surface area contributed by atoms with Crippen LogP contribution in [0.5, 0.6) is 5.75 Å². The predicted octanol–water partition coefficient (Wildman–Crippen LogP) is 1.77. The van der Waals surface area contributed by atoms with Gasteiger partial charge in [-0.15, -0.1) is 0 Å². The summed E-state index contributed by atoms with van der Waals surface area (Å²) in [6.45, 7) is 0.264. The van der Waals surface area contributed by atoms with Gasteiger partial charge in [-0.3, -0.25) is 0 Å². The normalized spacial score (nSPS) is 12.9. The van der Waals surface area contributed by atoms with Crippen LogP contribution in [0.1, 0.15) is 11.6 Å². The molecule has 1 aromatic rings. The number of phenols is 1. The van der Waals surface area contributed by atoms with Crippen LogP contribution in [0.15, 0.2) is 16.6 Å². The Hall–Kier alpha value is -0.290. The molecule has 0 heterocycles. The molecular formula is C8H10BrClN2O. The van der Waals surface area contributed by atoms with E-state index in [1.165, 1.54) is 0 Å². The Morgan fingerprint density at radius 2 is 2.15 bits per heavy atom. The monoisotopic (exact) mass is 264 g/mol. The van der Waals surface area contributed by atoms with E-state index in [0.717, 1.165) is 0 Å². The third-order valence-corrected chi connectivity index (χ3v) is 2.53. The van der Waals surface area contributed by atoms with E-state index in [1.54, 1.807) is 12.1 Å². The smallest absolute Gasteiger partial charge is 0.134 e. The molecule has 0 fully saturated rings. The highest BCUT2D eigenvalue weighted by Crippen LogP contribution is 2.33. The SMILES string of the molecule is NC[C@H](N)c1cc(Cl)cc(Br)c1O. The fourth-order valence-corrected chi connectivity index (χ4v) is 1.83. The first-order valence-electron chi connectivity index (χ1n) is 3.69. The molecule has 1 rings (SSSR count). The van der Waals surface area contributed by atoms with Gasteiger partial charge in [0.05, 0.1) is 4.47 Å². The predicted molar refractivity (Wildman–Crippen MR) is 56.8 cm³/mol. The minimum Gasteiger partial charge on any atom is -0.506 e. The van der Waals surface area contributed by atoms with Crippen LogP contribution in [0, 0.1) is 0 Å². The fraction of sp³-hybridized carbons (Fsp3) is 0.250. The van der Waals surface area contributed by atoms with Crippen molar-refractivity contribution in [1.29, 1.82) is 0 Å². The third kappa shape index (κ3) is 2.34. The largest absolute Gasteiger partial charge is 0.506 e. The molecule has 0 aromatic heterocycles. The minimum absolute atomic E-state index is 0.0994. The third-order valence-electron chi connectivity index (χ3n) is 1.71. The number of benzene rings is 1. The Labute approximate surface area is 89.8 Å². The molecule has 0 amide bonds. The summed E-state index contributed by atoms with van der Waals surface area (Å²) in [4.78, 5) is 0. The van der Waals surface area contributed by atoms with Crippen LogP contribution in [0.2, 0.25) is 5.02 Å². The lowest BCUT2D eigenvalue weighted by molar-refractivity contribution is 0.458. The number of phenolic OH excluding ortho intramolecular Hbond substituents is 1. The van der Waals surface area contributed by atoms with Gasteiger partial charge in [0.1, 0.15) is 5.75 Å². The summed E-state index contributed by atoms with van der Waals surface area (Å²) >= 11 is 8.95. The second kappa shape index (κ2) is 4.28. The topological polar surface area (TPSA) is 72.3 Å². The standard InChI is InChI=1S/C8H10BrClN2O/c9-6-2-4(10)1-5(8(6)13)7(12)3-11/h1-2,7,13H,3,11-12H2/t7-/m0/s1. The summed E-state index contributed by atoms with van der Waals surface area (Å²) in [5.41, 5.74) is 11.6. The highest BCUT2D eigenvalue weighted by Gasteiger charge is 2.12. The van der Waals surface area contributed by atoms with E-state index in [1.807, 2.05) is 0 Å². The van der Waals surface area contributed by atoms with Crippen LogP contribution in [-0.2, 0) is 0 Å². The van der Waals surface area contributed by atoms with Crippen molar-refractivity contribution in [3.63, 3.8) is 0 Å². The molecule has 1 aromatic carbocycles. The van der Waals surface area contributed by atoms with E-state index in [0.29, 0.717) is 15.1 Å². The van der Waals surface area contributed by atoms with Gasteiger partial charge < -0.3 is 16.6 Å². The highest BCUT2D eigenvalue weighted by atomic mass is 79.9. The van der Waals surface area contributed by atoms with Gasteiger partial charge in [0.2, 0.25) is 0 Å². The molecule has 0 spiro atoms. The van der Waals surface area contributed by atoms with E-state index >= 15 is 0 Å². The number of halogens is 2. The first-order valence-corrected chi connectivity index (χ1v) is 4.87. The van der Waals surface area contributed by atoms with Gasteiger partial charge in [-0.1, -0.05) is 11.6 Å². The Kier molecular flexibility index (Phi) is 3.55. The molecule has 5 N–H and O–H groups in total. The molecule has 1 atom stereocenters. The lowest BCUT2D eigenvalue weighted by atomic mass is 10.1. The van der Waals surface area contributed by atoms with E-state index < -0.39 is 6.04 Å². The quantitative estimate of drug-likeness (QED) is 0.763. The van der Waals surface area contributed by atoms with Crippen molar-refractivity contribution in [1.82, 2.24) is 0 Å². The van der Waals surface area contributed by atoms with Crippen LogP contribution in [0.25, 0.3) is 0 Å². The van der Waals surface area contributed by atoms with E-state index in [-0.39, 0.29) is 12.3 Å². The molecule has 0 saturated carbocycles. The summed E-state index contributed by atoms with van der Waals surface area (Å²) in [7, 11) is 0. The van der Waals surface area contributed by atoms with Crippen molar-refractivity contribution in [2.24, 2.45) is 11.5 Å².